The lowest BCUT2D eigenvalue weighted by Crippen LogP contribution is -2.38. The molecule has 0 radical (unpaired) electrons. The average molecular weight is 298 g/mol. The summed E-state index contributed by atoms with van der Waals surface area (Å²) in [6.07, 6.45) is 0.892. The van der Waals surface area contributed by atoms with Gasteiger partial charge in [-0.25, -0.2) is 13.1 Å². The Morgan fingerprint density at radius 1 is 1.40 bits per heavy atom. The van der Waals surface area contributed by atoms with Gasteiger partial charge < -0.3 is 10.5 Å². The molecule has 1 aromatic rings. The van der Waals surface area contributed by atoms with Crippen molar-refractivity contribution in [3.8, 4) is 0 Å². The average Bonchev–Trinajstić information content (AvgIpc) is 2.92. The van der Waals surface area contributed by atoms with E-state index in [0.29, 0.717) is 13.2 Å². The van der Waals surface area contributed by atoms with E-state index in [0.717, 1.165) is 12.0 Å². The van der Waals surface area contributed by atoms with Gasteiger partial charge in [0.15, 0.2) is 0 Å². The van der Waals surface area contributed by atoms with Crippen molar-refractivity contribution in [2.24, 2.45) is 11.7 Å². The number of nitrogens with two attached hydrogens (primary N) is 1. The molecule has 0 spiro atoms. The van der Waals surface area contributed by atoms with Crippen LogP contribution in [0.3, 0.4) is 0 Å². The van der Waals surface area contributed by atoms with Crippen LogP contribution in [0.4, 0.5) is 0 Å². The lowest BCUT2D eigenvalue weighted by molar-refractivity contribution is 0.180. The maximum absolute atomic E-state index is 12.4. The van der Waals surface area contributed by atoms with E-state index < -0.39 is 10.0 Å². The van der Waals surface area contributed by atoms with Crippen molar-refractivity contribution in [3.63, 3.8) is 0 Å². The third kappa shape index (κ3) is 3.58. The summed E-state index contributed by atoms with van der Waals surface area (Å²) in [6, 6.07) is 6.44. The van der Waals surface area contributed by atoms with Crippen LogP contribution in [0.25, 0.3) is 0 Å². The summed E-state index contributed by atoms with van der Waals surface area (Å²) in [6.45, 7) is 5.03. The molecule has 2 rings (SSSR count). The quantitative estimate of drug-likeness (QED) is 0.861. The van der Waals surface area contributed by atoms with Gasteiger partial charge >= 0.3 is 0 Å². The van der Waals surface area contributed by atoms with E-state index in [4.69, 9.17) is 10.5 Å². The summed E-state index contributed by atoms with van der Waals surface area (Å²) < 4.78 is 32.8. The van der Waals surface area contributed by atoms with Gasteiger partial charge in [0, 0.05) is 24.6 Å². The number of sulfonamides is 1. The van der Waals surface area contributed by atoms with Gasteiger partial charge in [0.1, 0.15) is 0 Å². The lowest BCUT2D eigenvalue weighted by Gasteiger charge is -2.19. The summed E-state index contributed by atoms with van der Waals surface area (Å²) in [5.74, 6) is 0.237. The molecule has 0 bridgehead atoms. The fraction of sp³-hybridized carbons (Fsp3) is 0.571. The van der Waals surface area contributed by atoms with Crippen LogP contribution in [0, 0.1) is 5.92 Å². The third-order valence-electron chi connectivity index (χ3n) is 3.71. The second-order valence-electron chi connectivity index (χ2n) is 5.39. The first kappa shape index (κ1) is 15.4. The van der Waals surface area contributed by atoms with Gasteiger partial charge in [-0.2, -0.15) is 0 Å². The molecule has 0 amide bonds. The molecular formula is C14H22N2O3S. The first-order valence-electron chi connectivity index (χ1n) is 6.86. The summed E-state index contributed by atoms with van der Waals surface area (Å²) in [7, 11) is -3.51. The molecule has 112 valence electrons. The zero-order chi connectivity index (χ0) is 14.8. The lowest BCUT2D eigenvalue weighted by atomic mass is 10.0. The molecular weight excluding hydrogens is 276 g/mol. The molecule has 0 saturated carbocycles. The molecule has 3 unspecified atom stereocenters. The summed E-state index contributed by atoms with van der Waals surface area (Å²) in [5.41, 5.74) is 6.60. The number of ether oxygens (including phenoxy) is 1. The van der Waals surface area contributed by atoms with E-state index >= 15 is 0 Å². The second kappa shape index (κ2) is 6.22. The van der Waals surface area contributed by atoms with Gasteiger partial charge in [0.25, 0.3) is 0 Å². The van der Waals surface area contributed by atoms with Crippen LogP contribution in [-0.2, 0) is 14.8 Å². The van der Waals surface area contributed by atoms with E-state index in [9.17, 15) is 8.42 Å². The Labute approximate surface area is 120 Å². The minimum absolute atomic E-state index is 0.138. The maximum Gasteiger partial charge on any atom is 0.240 e. The molecule has 0 aromatic heterocycles. The number of nitrogens with one attached hydrogen (secondary N) is 1. The normalized spacial score (nSPS) is 22.6. The van der Waals surface area contributed by atoms with Crippen molar-refractivity contribution >= 4 is 10.0 Å². The second-order valence-corrected chi connectivity index (χ2v) is 7.11. The largest absolute Gasteiger partial charge is 0.381 e. The van der Waals surface area contributed by atoms with Crippen molar-refractivity contribution in [1.82, 2.24) is 4.72 Å². The van der Waals surface area contributed by atoms with Crippen LogP contribution in [0.5, 0.6) is 0 Å². The molecule has 1 aliphatic heterocycles. The molecule has 3 N–H and O–H groups in total. The van der Waals surface area contributed by atoms with Crippen LogP contribution in [0.2, 0.25) is 0 Å². The molecule has 1 aliphatic rings. The van der Waals surface area contributed by atoms with Gasteiger partial charge in [0.2, 0.25) is 10.0 Å². The van der Waals surface area contributed by atoms with Crippen LogP contribution in [-0.4, -0.2) is 27.7 Å². The summed E-state index contributed by atoms with van der Waals surface area (Å²) in [4.78, 5) is 0.262. The topological polar surface area (TPSA) is 81.4 Å². The highest BCUT2D eigenvalue weighted by Gasteiger charge is 2.26. The van der Waals surface area contributed by atoms with Crippen molar-refractivity contribution in [3.05, 3.63) is 29.8 Å². The summed E-state index contributed by atoms with van der Waals surface area (Å²) in [5, 5.41) is 0. The number of hydrogen-bond donors (Lipinski definition) is 2. The van der Waals surface area contributed by atoms with Crippen LogP contribution >= 0.6 is 0 Å². The Hall–Kier alpha value is -0.950. The zero-order valence-electron chi connectivity index (χ0n) is 11.9. The van der Waals surface area contributed by atoms with Crippen LogP contribution < -0.4 is 10.5 Å². The van der Waals surface area contributed by atoms with Gasteiger partial charge in [-0.15, -0.1) is 0 Å². The number of hydrogen-bond acceptors (Lipinski definition) is 4. The summed E-state index contributed by atoms with van der Waals surface area (Å²) >= 11 is 0. The predicted molar refractivity (Wildman–Crippen MR) is 77.8 cm³/mol. The van der Waals surface area contributed by atoms with Gasteiger partial charge in [-0.05, 0) is 38.0 Å². The Balaban J connectivity index is 2.15. The van der Waals surface area contributed by atoms with E-state index in [1.165, 1.54) is 0 Å². The molecule has 0 aliphatic carbocycles. The standard InChI is InChI=1S/C14H22N2O3S/c1-10(15)12-4-3-5-14(8-12)20(17,18)16-11(2)13-6-7-19-9-13/h3-5,8,10-11,13,16H,6-7,9,15H2,1-2H3. The van der Waals surface area contributed by atoms with Crippen LogP contribution in [0.1, 0.15) is 31.9 Å². The predicted octanol–water partition coefficient (Wildman–Crippen LogP) is 1.41. The highest BCUT2D eigenvalue weighted by Crippen LogP contribution is 2.20. The van der Waals surface area contributed by atoms with Crippen molar-refractivity contribution < 1.29 is 13.2 Å². The molecule has 3 atom stereocenters. The Kier molecular flexibility index (Phi) is 4.80. The van der Waals surface area contributed by atoms with Gasteiger partial charge in [0.05, 0.1) is 11.5 Å². The van der Waals surface area contributed by atoms with Crippen molar-refractivity contribution in [2.45, 2.75) is 37.2 Å². The van der Waals surface area contributed by atoms with Crippen molar-refractivity contribution in [2.75, 3.05) is 13.2 Å². The Morgan fingerprint density at radius 2 is 2.15 bits per heavy atom. The van der Waals surface area contributed by atoms with Gasteiger partial charge in [-0.1, -0.05) is 12.1 Å². The molecule has 1 aromatic carbocycles. The molecule has 20 heavy (non-hydrogen) atoms. The fourth-order valence-corrected chi connectivity index (χ4v) is 3.69. The highest BCUT2D eigenvalue weighted by molar-refractivity contribution is 7.89. The smallest absolute Gasteiger partial charge is 0.240 e. The Morgan fingerprint density at radius 3 is 2.75 bits per heavy atom. The molecule has 1 fully saturated rings. The van der Waals surface area contributed by atoms with E-state index in [-0.39, 0.29) is 22.9 Å². The molecule has 6 heteroatoms. The van der Waals surface area contributed by atoms with E-state index in [1.54, 1.807) is 18.2 Å². The zero-order valence-corrected chi connectivity index (χ0v) is 12.7. The minimum atomic E-state index is -3.51. The molecule has 1 heterocycles. The third-order valence-corrected chi connectivity index (χ3v) is 5.26. The monoisotopic (exact) mass is 298 g/mol. The first-order valence-corrected chi connectivity index (χ1v) is 8.34. The SMILES string of the molecule is CC(N)c1cccc(S(=O)(=O)NC(C)C2CCOC2)c1. The van der Waals surface area contributed by atoms with Crippen molar-refractivity contribution in [1.29, 1.82) is 0 Å². The van der Waals surface area contributed by atoms with E-state index in [2.05, 4.69) is 4.72 Å². The maximum atomic E-state index is 12.4. The molecule has 5 nitrogen and oxygen atoms in total. The van der Waals surface area contributed by atoms with Crippen LogP contribution in [0.15, 0.2) is 29.2 Å². The Bertz CT molecular complexity index is 551. The van der Waals surface area contributed by atoms with E-state index in [1.807, 2.05) is 19.9 Å². The minimum Gasteiger partial charge on any atom is -0.381 e. The molecule has 1 saturated heterocycles. The number of benzene rings is 1. The number of rotatable bonds is 5. The highest BCUT2D eigenvalue weighted by atomic mass is 32.2. The van der Waals surface area contributed by atoms with Gasteiger partial charge in [-0.3, -0.25) is 0 Å². The first-order chi connectivity index (χ1) is 9.40. The fourth-order valence-electron chi connectivity index (χ4n) is 2.32.